The van der Waals surface area contributed by atoms with Gasteiger partial charge in [0.05, 0.1) is 20.8 Å². The van der Waals surface area contributed by atoms with Crippen LogP contribution in [0.1, 0.15) is 22.3 Å². The quantitative estimate of drug-likeness (QED) is 0.379. The zero-order chi connectivity index (χ0) is 26.4. The van der Waals surface area contributed by atoms with Crippen molar-refractivity contribution in [1.29, 1.82) is 0 Å². The maximum absolute atomic E-state index is 11.2. The van der Waals surface area contributed by atoms with Gasteiger partial charge in [0.15, 0.2) is 11.5 Å². The minimum Gasteiger partial charge on any atom is -0.496 e. The van der Waals surface area contributed by atoms with E-state index in [0.717, 1.165) is 39.3 Å². The Morgan fingerprint density at radius 1 is 1.08 bits per heavy atom. The molecule has 1 aliphatic heterocycles. The second-order valence-corrected chi connectivity index (χ2v) is 8.45. The van der Waals surface area contributed by atoms with Crippen LogP contribution in [0.4, 0.5) is 0 Å². The van der Waals surface area contributed by atoms with Crippen LogP contribution in [0.25, 0.3) is 23.3 Å². The molecular weight excluding hydrogens is 476 g/mol. The lowest BCUT2D eigenvalue weighted by atomic mass is 9.98. The maximum Gasteiger partial charge on any atom is 0.323 e. The van der Waals surface area contributed by atoms with Gasteiger partial charge in [-0.25, -0.2) is 0 Å². The number of aliphatic hydroxyl groups excluding tert-OH is 1. The molecule has 1 aliphatic rings. The van der Waals surface area contributed by atoms with E-state index in [1.807, 2.05) is 55.6 Å². The maximum atomic E-state index is 11.2. The summed E-state index contributed by atoms with van der Waals surface area (Å²) in [5, 5.41) is 21.3. The first-order valence-electron chi connectivity index (χ1n) is 11.8. The summed E-state index contributed by atoms with van der Waals surface area (Å²) >= 11 is 0. The number of nitrogens with one attached hydrogen (secondary N) is 1. The number of fused-ring (bicyclic) bond motifs is 1. The number of rotatable bonds is 10. The second kappa shape index (κ2) is 11.8. The summed E-state index contributed by atoms with van der Waals surface area (Å²) in [5.41, 5.74) is 5.48. The third-order valence-corrected chi connectivity index (χ3v) is 6.20. The average molecular weight is 507 g/mol. The number of ether oxygens (including phenoxy) is 4. The molecule has 4 rings (SSSR count). The Labute approximate surface area is 215 Å². The molecule has 1 atom stereocenters. The minimum absolute atomic E-state index is 0.147. The molecule has 3 N–H and O–H groups in total. The van der Waals surface area contributed by atoms with Gasteiger partial charge < -0.3 is 29.2 Å². The SMILES string of the molecule is COc1cc(/C=C/c2cncc(-c3ccc4c(c3)OCCO4)c2C)cc(OC)c1CNC(CO)C(=O)O. The molecule has 0 amide bonds. The molecule has 0 saturated carbocycles. The fraction of sp³-hybridized carbons (Fsp3) is 0.286. The molecule has 3 aromatic rings. The number of aromatic nitrogens is 1. The number of aliphatic carboxylic acids is 1. The van der Waals surface area contributed by atoms with E-state index in [1.165, 1.54) is 14.2 Å². The van der Waals surface area contributed by atoms with Gasteiger partial charge >= 0.3 is 5.97 Å². The molecule has 2 heterocycles. The van der Waals surface area contributed by atoms with Crippen LogP contribution in [0, 0.1) is 6.92 Å². The van der Waals surface area contributed by atoms with E-state index in [9.17, 15) is 15.0 Å². The highest BCUT2D eigenvalue weighted by Crippen LogP contribution is 2.36. The Balaban J connectivity index is 1.60. The van der Waals surface area contributed by atoms with Gasteiger partial charge in [-0.1, -0.05) is 18.2 Å². The zero-order valence-electron chi connectivity index (χ0n) is 21.0. The van der Waals surface area contributed by atoms with Gasteiger partial charge in [0, 0.05) is 30.1 Å². The number of benzene rings is 2. The molecule has 9 nitrogen and oxygen atoms in total. The lowest BCUT2D eigenvalue weighted by Crippen LogP contribution is -2.39. The van der Waals surface area contributed by atoms with Gasteiger partial charge in [-0.3, -0.25) is 15.1 Å². The van der Waals surface area contributed by atoms with Crippen LogP contribution in [-0.2, 0) is 11.3 Å². The van der Waals surface area contributed by atoms with E-state index in [0.29, 0.717) is 30.3 Å². The summed E-state index contributed by atoms with van der Waals surface area (Å²) in [6.07, 6.45) is 7.56. The fourth-order valence-corrected chi connectivity index (χ4v) is 4.13. The van der Waals surface area contributed by atoms with Gasteiger partial charge in [0.25, 0.3) is 0 Å². The van der Waals surface area contributed by atoms with Crippen molar-refractivity contribution < 1.29 is 34.0 Å². The number of pyridine rings is 1. The smallest absolute Gasteiger partial charge is 0.323 e. The first-order valence-corrected chi connectivity index (χ1v) is 11.8. The number of aliphatic hydroxyl groups is 1. The zero-order valence-corrected chi connectivity index (χ0v) is 21.0. The normalized spacial score (nSPS) is 13.4. The summed E-state index contributed by atoms with van der Waals surface area (Å²) in [4.78, 5) is 15.7. The Morgan fingerprint density at radius 3 is 2.43 bits per heavy atom. The fourth-order valence-electron chi connectivity index (χ4n) is 4.13. The van der Waals surface area contributed by atoms with Crippen LogP contribution in [0.5, 0.6) is 23.0 Å². The van der Waals surface area contributed by atoms with Crippen LogP contribution >= 0.6 is 0 Å². The number of hydrogen-bond acceptors (Lipinski definition) is 8. The lowest BCUT2D eigenvalue weighted by Gasteiger charge is -2.19. The molecule has 0 aliphatic carbocycles. The molecule has 2 aromatic carbocycles. The van der Waals surface area contributed by atoms with E-state index in [4.69, 9.17) is 18.9 Å². The van der Waals surface area contributed by atoms with Crippen LogP contribution < -0.4 is 24.3 Å². The molecule has 0 radical (unpaired) electrons. The molecule has 1 aromatic heterocycles. The summed E-state index contributed by atoms with van der Waals surface area (Å²) in [7, 11) is 3.08. The standard InChI is InChI=1S/C28H30N2O7/c1-17-20(13-29-14-21(17)19-6-7-24-27(12-19)37-9-8-36-24)5-4-18-10-25(34-2)22(26(11-18)35-3)15-30-23(16-31)28(32)33/h4-7,10-14,23,30-31H,8-9,15-16H2,1-3H3,(H,32,33)/b5-4+. The molecule has 0 saturated heterocycles. The van der Waals surface area contributed by atoms with E-state index in [1.54, 1.807) is 6.20 Å². The van der Waals surface area contributed by atoms with E-state index >= 15 is 0 Å². The van der Waals surface area contributed by atoms with Gasteiger partial charge in [-0.15, -0.1) is 0 Å². The third-order valence-electron chi connectivity index (χ3n) is 6.20. The number of carboxylic acids is 1. The van der Waals surface area contributed by atoms with Crippen molar-refractivity contribution in [2.24, 2.45) is 0 Å². The molecule has 1 unspecified atom stereocenters. The summed E-state index contributed by atoms with van der Waals surface area (Å²) in [5.74, 6) is 1.41. The number of hydrogen-bond donors (Lipinski definition) is 3. The Bertz CT molecular complexity index is 1280. The van der Waals surface area contributed by atoms with Crippen molar-refractivity contribution in [2.45, 2.75) is 19.5 Å². The summed E-state index contributed by atoms with van der Waals surface area (Å²) < 4.78 is 22.5. The Hall–Kier alpha value is -4.08. The van der Waals surface area contributed by atoms with E-state index < -0.39 is 18.6 Å². The first kappa shape index (κ1) is 26.0. The molecule has 9 heteroatoms. The van der Waals surface area contributed by atoms with Crippen LogP contribution in [0.15, 0.2) is 42.7 Å². The van der Waals surface area contributed by atoms with E-state index in [2.05, 4.69) is 10.3 Å². The minimum atomic E-state index is -1.14. The highest BCUT2D eigenvalue weighted by molar-refractivity contribution is 5.78. The van der Waals surface area contributed by atoms with Crippen molar-refractivity contribution in [3.05, 3.63) is 65.0 Å². The second-order valence-electron chi connectivity index (χ2n) is 8.45. The van der Waals surface area contributed by atoms with E-state index in [-0.39, 0.29) is 6.54 Å². The highest BCUT2D eigenvalue weighted by atomic mass is 16.6. The van der Waals surface area contributed by atoms with Crippen LogP contribution in [0.2, 0.25) is 0 Å². The summed E-state index contributed by atoms with van der Waals surface area (Å²) in [6, 6.07) is 8.49. The van der Waals surface area contributed by atoms with Gasteiger partial charge in [-0.2, -0.15) is 0 Å². The largest absolute Gasteiger partial charge is 0.496 e. The van der Waals surface area contributed by atoms with Crippen molar-refractivity contribution in [1.82, 2.24) is 10.3 Å². The first-order chi connectivity index (χ1) is 17.9. The lowest BCUT2D eigenvalue weighted by molar-refractivity contribution is -0.140. The number of carbonyl (C=O) groups is 1. The number of methoxy groups -OCH3 is 2. The monoisotopic (exact) mass is 506 g/mol. The topological polar surface area (TPSA) is 119 Å². The number of nitrogens with zero attached hydrogens (tertiary/aromatic N) is 1. The van der Waals surface area contributed by atoms with Crippen LogP contribution in [0.3, 0.4) is 0 Å². The average Bonchev–Trinajstić information content (AvgIpc) is 2.92. The Kier molecular flexibility index (Phi) is 8.27. The molecule has 194 valence electrons. The van der Waals surface area contributed by atoms with Crippen molar-refractivity contribution in [3.8, 4) is 34.1 Å². The van der Waals surface area contributed by atoms with Gasteiger partial charge in [0.2, 0.25) is 0 Å². The predicted octanol–water partition coefficient (Wildman–Crippen LogP) is 3.55. The molecule has 0 spiro atoms. The van der Waals surface area contributed by atoms with Crippen LogP contribution in [-0.4, -0.2) is 61.2 Å². The molecule has 0 bridgehead atoms. The predicted molar refractivity (Wildman–Crippen MR) is 139 cm³/mol. The summed E-state index contributed by atoms with van der Waals surface area (Å²) in [6.45, 7) is 2.74. The van der Waals surface area contributed by atoms with Gasteiger partial charge in [0.1, 0.15) is 30.8 Å². The molecule has 0 fully saturated rings. The number of carboxylic acid groups (broad SMARTS) is 1. The third kappa shape index (κ3) is 5.84. The molecule has 37 heavy (non-hydrogen) atoms. The van der Waals surface area contributed by atoms with Crippen molar-refractivity contribution in [2.75, 3.05) is 34.0 Å². The Morgan fingerprint density at radius 2 is 1.78 bits per heavy atom. The van der Waals surface area contributed by atoms with Gasteiger partial charge in [-0.05, 0) is 53.4 Å². The highest BCUT2D eigenvalue weighted by Gasteiger charge is 2.19. The molecular formula is C28H30N2O7. The van der Waals surface area contributed by atoms with Crippen molar-refractivity contribution >= 4 is 18.1 Å². The van der Waals surface area contributed by atoms with Crippen molar-refractivity contribution in [3.63, 3.8) is 0 Å².